The van der Waals surface area contributed by atoms with Gasteiger partial charge < -0.3 is 14.5 Å². The summed E-state index contributed by atoms with van der Waals surface area (Å²) in [5, 5.41) is 2.80. The Morgan fingerprint density at radius 3 is 2.77 bits per heavy atom. The molecule has 2 aromatic heterocycles. The number of hydrogen-bond donors (Lipinski definition) is 1. The van der Waals surface area contributed by atoms with E-state index in [1.54, 1.807) is 42.7 Å². The molecule has 6 nitrogen and oxygen atoms in total. The first-order valence-corrected chi connectivity index (χ1v) is 8.07. The lowest BCUT2D eigenvalue weighted by atomic mass is 10.3. The van der Waals surface area contributed by atoms with E-state index in [4.69, 9.17) is 9.15 Å². The summed E-state index contributed by atoms with van der Waals surface area (Å²) in [6, 6.07) is 18.2. The summed E-state index contributed by atoms with van der Waals surface area (Å²) in [6.07, 6.45) is 3.38. The number of pyridine rings is 1. The van der Waals surface area contributed by atoms with E-state index in [-0.39, 0.29) is 12.5 Å². The summed E-state index contributed by atoms with van der Waals surface area (Å²) in [4.78, 5) is 20.6. The van der Waals surface area contributed by atoms with E-state index in [1.165, 1.54) is 0 Å². The van der Waals surface area contributed by atoms with Crippen LogP contribution in [0.5, 0.6) is 5.75 Å². The van der Waals surface area contributed by atoms with Gasteiger partial charge in [0.25, 0.3) is 5.91 Å². The average molecular weight is 345 g/mol. The Balaban J connectivity index is 1.46. The molecule has 128 valence electrons. The van der Waals surface area contributed by atoms with Crippen molar-refractivity contribution in [2.45, 2.75) is 0 Å². The van der Waals surface area contributed by atoms with E-state index >= 15 is 0 Å². The number of fused-ring (bicyclic) bond motifs is 1. The highest BCUT2D eigenvalue weighted by atomic mass is 16.5. The van der Waals surface area contributed by atoms with Gasteiger partial charge in [0.1, 0.15) is 11.3 Å². The summed E-state index contributed by atoms with van der Waals surface area (Å²) in [5.41, 5.74) is 2.73. The molecule has 0 saturated heterocycles. The van der Waals surface area contributed by atoms with Crippen molar-refractivity contribution in [3.63, 3.8) is 0 Å². The molecule has 1 N–H and O–H groups in total. The van der Waals surface area contributed by atoms with Gasteiger partial charge in [0.2, 0.25) is 5.89 Å². The zero-order valence-corrected chi connectivity index (χ0v) is 13.8. The number of carbonyl (C=O) groups is 1. The lowest BCUT2D eigenvalue weighted by Crippen LogP contribution is -2.20. The van der Waals surface area contributed by atoms with Crippen LogP contribution in [-0.4, -0.2) is 22.5 Å². The zero-order chi connectivity index (χ0) is 17.8. The third-order valence-electron chi connectivity index (χ3n) is 3.69. The van der Waals surface area contributed by atoms with Crippen molar-refractivity contribution >= 4 is 22.7 Å². The average Bonchev–Trinajstić information content (AvgIpc) is 3.11. The number of rotatable bonds is 5. The molecule has 2 heterocycles. The maximum Gasteiger partial charge on any atom is 0.262 e. The molecule has 2 aromatic carbocycles. The molecule has 0 atom stereocenters. The van der Waals surface area contributed by atoms with Crippen molar-refractivity contribution < 1.29 is 13.9 Å². The predicted octanol–water partition coefficient (Wildman–Crippen LogP) is 3.91. The molecule has 26 heavy (non-hydrogen) atoms. The number of oxazole rings is 1. The fraction of sp³-hybridized carbons (Fsp3) is 0.0500. The van der Waals surface area contributed by atoms with Gasteiger partial charge in [0.05, 0.1) is 5.56 Å². The van der Waals surface area contributed by atoms with Crippen molar-refractivity contribution in [3.05, 3.63) is 73.1 Å². The number of nitrogens with one attached hydrogen (secondary N) is 1. The van der Waals surface area contributed by atoms with Gasteiger partial charge in [-0.05, 0) is 42.5 Å². The quantitative estimate of drug-likeness (QED) is 0.593. The van der Waals surface area contributed by atoms with Gasteiger partial charge in [-0.3, -0.25) is 9.78 Å². The third kappa shape index (κ3) is 3.54. The molecule has 4 rings (SSSR count). The van der Waals surface area contributed by atoms with Crippen molar-refractivity contribution in [1.82, 2.24) is 9.97 Å². The van der Waals surface area contributed by atoms with E-state index < -0.39 is 0 Å². The van der Waals surface area contributed by atoms with Gasteiger partial charge >= 0.3 is 0 Å². The first-order chi connectivity index (χ1) is 12.8. The molecule has 0 fully saturated rings. The Labute approximate surface area is 149 Å². The Bertz CT molecular complexity index is 1030. The molecule has 0 spiro atoms. The highest BCUT2D eigenvalue weighted by molar-refractivity contribution is 5.94. The fourth-order valence-corrected chi connectivity index (χ4v) is 2.48. The van der Waals surface area contributed by atoms with Gasteiger partial charge in [0.15, 0.2) is 12.2 Å². The number of benzene rings is 2. The lowest BCUT2D eigenvalue weighted by Gasteiger charge is -2.07. The van der Waals surface area contributed by atoms with Gasteiger partial charge in [0, 0.05) is 18.1 Å². The lowest BCUT2D eigenvalue weighted by molar-refractivity contribution is -0.118. The molecule has 4 aromatic rings. The second-order valence-corrected chi connectivity index (χ2v) is 5.59. The number of nitrogens with zero attached hydrogens (tertiary/aromatic N) is 2. The SMILES string of the molecule is O=C(COc1ccccc1)Nc1ccc2oc(-c3cccnc3)nc2c1. The van der Waals surface area contributed by atoms with Crippen molar-refractivity contribution in [3.8, 4) is 17.2 Å². The molecular weight excluding hydrogens is 330 g/mol. The number of aromatic nitrogens is 2. The summed E-state index contributed by atoms with van der Waals surface area (Å²) >= 11 is 0. The van der Waals surface area contributed by atoms with Crippen LogP contribution in [0.1, 0.15) is 0 Å². The molecule has 6 heteroatoms. The number of hydrogen-bond acceptors (Lipinski definition) is 5. The van der Waals surface area contributed by atoms with Crippen LogP contribution in [0.3, 0.4) is 0 Å². The topological polar surface area (TPSA) is 77.2 Å². The molecule has 0 unspecified atom stereocenters. The smallest absolute Gasteiger partial charge is 0.262 e. The maximum absolute atomic E-state index is 12.1. The number of ether oxygens (including phenoxy) is 1. The van der Waals surface area contributed by atoms with Crippen LogP contribution in [0, 0.1) is 0 Å². The second kappa shape index (κ2) is 7.06. The van der Waals surface area contributed by atoms with Crippen LogP contribution < -0.4 is 10.1 Å². The Kier molecular flexibility index (Phi) is 4.30. The molecular formula is C20H15N3O3. The monoisotopic (exact) mass is 345 g/mol. The minimum Gasteiger partial charge on any atom is -0.484 e. The van der Waals surface area contributed by atoms with Gasteiger partial charge in [-0.15, -0.1) is 0 Å². The third-order valence-corrected chi connectivity index (χ3v) is 3.69. The van der Waals surface area contributed by atoms with Crippen molar-refractivity contribution in [1.29, 1.82) is 0 Å². The van der Waals surface area contributed by atoms with Gasteiger partial charge in [-0.2, -0.15) is 0 Å². The molecule has 0 aliphatic carbocycles. The number of carbonyl (C=O) groups excluding carboxylic acids is 1. The Hall–Kier alpha value is -3.67. The standard InChI is InChI=1S/C20H15N3O3/c24-19(13-25-16-6-2-1-3-7-16)22-15-8-9-18-17(11-15)23-20(26-18)14-5-4-10-21-12-14/h1-12H,13H2,(H,22,24). The minimum absolute atomic E-state index is 0.0677. The Morgan fingerprint density at radius 1 is 1.08 bits per heavy atom. The molecule has 1 amide bonds. The van der Waals surface area contributed by atoms with Crippen LogP contribution in [-0.2, 0) is 4.79 Å². The van der Waals surface area contributed by atoms with Gasteiger partial charge in [-0.25, -0.2) is 4.98 Å². The van der Waals surface area contributed by atoms with E-state index in [0.29, 0.717) is 28.4 Å². The van der Waals surface area contributed by atoms with Gasteiger partial charge in [-0.1, -0.05) is 18.2 Å². The van der Waals surface area contributed by atoms with Crippen molar-refractivity contribution in [2.75, 3.05) is 11.9 Å². The molecule has 0 radical (unpaired) electrons. The van der Waals surface area contributed by atoms with Crippen LogP contribution in [0.2, 0.25) is 0 Å². The minimum atomic E-state index is -0.246. The first-order valence-electron chi connectivity index (χ1n) is 8.07. The highest BCUT2D eigenvalue weighted by Gasteiger charge is 2.10. The number of anilines is 1. The van der Waals surface area contributed by atoms with E-state index in [1.807, 2.05) is 30.3 Å². The fourth-order valence-electron chi connectivity index (χ4n) is 2.48. The zero-order valence-electron chi connectivity index (χ0n) is 13.8. The summed E-state index contributed by atoms with van der Waals surface area (Å²) in [7, 11) is 0. The van der Waals surface area contributed by atoms with Crippen LogP contribution >= 0.6 is 0 Å². The summed E-state index contributed by atoms with van der Waals surface area (Å²) < 4.78 is 11.2. The first kappa shape index (κ1) is 15.8. The van der Waals surface area contributed by atoms with Crippen LogP contribution in [0.15, 0.2) is 77.5 Å². The molecule has 0 aliphatic heterocycles. The van der Waals surface area contributed by atoms with Crippen LogP contribution in [0.4, 0.5) is 5.69 Å². The Morgan fingerprint density at radius 2 is 1.96 bits per heavy atom. The van der Waals surface area contributed by atoms with Crippen LogP contribution in [0.25, 0.3) is 22.6 Å². The summed E-state index contributed by atoms with van der Waals surface area (Å²) in [6.45, 7) is -0.0677. The van der Waals surface area contributed by atoms with E-state index in [0.717, 1.165) is 5.56 Å². The van der Waals surface area contributed by atoms with Crippen molar-refractivity contribution in [2.24, 2.45) is 0 Å². The second-order valence-electron chi connectivity index (χ2n) is 5.59. The van der Waals surface area contributed by atoms with E-state index in [9.17, 15) is 4.79 Å². The highest BCUT2D eigenvalue weighted by Crippen LogP contribution is 2.25. The largest absolute Gasteiger partial charge is 0.484 e. The van der Waals surface area contributed by atoms with E-state index in [2.05, 4.69) is 15.3 Å². The molecule has 0 aliphatic rings. The number of amides is 1. The summed E-state index contributed by atoms with van der Waals surface area (Å²) in [5.74, 6) is 0.892. The number of para-hydroxylation sites is 1. The maximum atomic E-state index is 12.1. The molecule has 0 bridgehead atoms. The normalized spacial score (nSPS) is 10.6. The predicted molar refractivity (Wildman–Crippen MR) is 97.8 cm³/mol. The molecule has 0 saturated carbocycles.